The fourth-order valence-electron chi connectivity index (χ4n) is 6.00. The van der Waals surface area contributed by atoms with E-state index in [0.29, 0.717) is 5.41 Å². The lowest BCUT2D eigenvalue weighted by molar-refractivity contribution is -0.166. The van der Waals surface area contributed by atoms with Gasteiger partial charge in [0.2, 0.25) is 0 Å². The van der Waals surface area contributed by atoms with E-state index >= 15 is 0 Å². The van der Waals surface area contributed by atoms with E-state index < -0.39 is 0 Å². The zero-order valence-corrected chi connectivity index (χ0v) is 13.1. The maximum absolute atomic E-state index is 11.5. The van der Waals surface area contributed by atoms with E-state index in [9.17, 15) is 4.79 Å². The molecular formula is C17H28O2. The van der Waals surface area contributed by atoms with Crippen LogP contribution in [0.2, 0.25) is 0 Å². The third kappa shape index (κ3) is 1.71. The van der Waals surface area contributed by atoms with Gasteiger partial charge in [-0.2, -0.15) is 0 Å². The van der Waals surface area contributed by atoms with E-state index in [1.807, 2.05) is 0 Å². The SMILES string of the molecule is CC(=O)OC1[C@]2(C)CCC[C@@]1(C)[C@H]1CC(C)(C)C[C@H]12. The highest BCUT2D eigenvalue weighted by atomic mass is 16.5. The van der Waals surface area contributed by atoms with Crippen LogP contribution in [0.3, 0.4) is 0 Å². The Kier molecular flexibility index (Phi) is 2.67. The quantitative estimate of drug-likeness (QED) is 0.664. The average Bonchev–Trinajstić information content (AvgIpc) is 2.64. The number of rotatable bonds is 1. The molecule has 0 heterocycles. The summed E-state index contributed by atoms with van der Waals surface area (Å²) < 4.78 is 5.85. The molecule has 2 heteroatoms. The lowest BCUT2D eigenvalue weighted by atomic mass is 9.63. The first-order chi connectivity index (χ1) is 8.69. The molecule has 3 fully saturated rings. The van der Waals surface area contributed by atoms with E-state index in [4.69, 9.17) is 4.74 Å². The van der Waals surface area contributed by atoms with Crippen molar-refractivity contribution in [3.8, 4) is 0 Å². The van der Waals surface area contributed by atoms with Crippen LogP contribution in [-0.4, -0.2) is 12.1 Å². The van der Waals surface area contributed by atoms with E-state index in [0.717, 1.165) is 11.8 Å². The Bertz CT molecular complexity index is 385. The number of esters is 1. The Hall–Kier alpha value is -0.530. The van der Waals surface area contributed by atoms with Gasteiger partial charge in [0.1, 0.15) is 6.10 Å². The predicted molar refractivity (Wildman–Crippen MR) is 75.6 cm³/mol. The van der Waals surface area contributed by atoms with Gasteiger partial charge >= 0.3 is 5.97 Å². The summed E-state index contributed by atoms with van der Waals surface area (Å²) in [6.07, 6.45) is 6.54. The fraction of sp³-hybridized carbons (Fsp3) is 0.941. The molecule has 0 aromatic heterocycles. The summed E-state index contributed by atoms with van der Waals surface area (Å²) in [5.74, 6) is 1.40. The number of fused-ring (bicyclic) bond motifs is 5. The minimum atomic E-state index is -0.0939. The van der Waals surface area contributed by atoms with Gasteiger partial charge in [0.15, 0.2) is 0 Å². The Morgan fingerprint density at radius 2 is 1.47 bits per heavy atom. The molecule has 3 aliphatic carbocycles. The van der Waals surface area contributed by atoms with Crippen LogP contribution in [0.25, 0.3) is 0 Å². The Balaban J connectivity index is 2.01. The third-order valence-corrected chi connectivity index (χ3v) is 6.64. The molecule has 0 aliphatic heterocycles. The standard InChI is InChI=1S/C17H28O2/c1-11(18)19-14-16(4)7-6-8-17(14,5)13-10-15(2,3)9-12(13)16/h12-14H,6-10H2,1-5H3/t12-,13+,14?,16-,17+. The highest BCUT2D eigenvalue weighted by Gasteiger charge is 2.69. The van der Waals surface area contributed by atoms with Crippen molar-refractivity contribution >= 4 is 5.97 Å². The van der Waals surface area contributed by atoms with Gasteiger partial charge in [-0.1, -0.05) is 34.1 Å². The molecule has 2 nitrogen and oxygen atoms in total. The number of carbonyl (C=O) groups is 1. The molecule has 0 amide bonds. The van der Waals surface area contributed by atoms with Gasteiger partial charge in [0.05, 0.1) is 0 Å². The van der Waals surface area contributed by atoms with Crippen molar-refractivity contribution in [2.24, 2.45) is 28.1 Å². The molecular weight excluding hydrogens is 236 g/mol. The molecule has 3 rings (SSSR count). The molecule has 0 radical (unpaired) electrons. The lowest BCUT2D eigenvalue weighted by Crippen LogP contribution is -2.46. The van der Waals surface area contributed by atoms with Crippen molar-refractivity contribution in [1.29, 1.82) is 0 Å². The zero-order chi connectivity index (χ0) is 14.1. The summed E-state index contributed by atoms with van der Waals surface area (Å²) in [5.41, 5.74) is 0.907. The summed E-state index contributed by atoms with van der Waals surface area (Å²) in [6.45, 7) is 11.2. The summed E-state index contributed by atoms with van der Waals surface area (Å²) in [4.78, 5) is 11.5. The molecule has 3 saturated carbocycles. The molecule has 0 aromatic carbocycles. The molecule has 0 aromatic rings. The molecule has 5 atom stereocenters. The molecule has 0 saturated heterocycles. The molecule has 3 aliphatic rings. The second-order valence-electron chi connectivity index (χ2n) is 8.64. The van der Waals surface area contributed by atoms with Crippen molar-refractivity contribution in [3.63, 3.8) is 0 Å². The summed E-state index contributed by atoms with van der Waals surface area (Å²) >= 11 is 0. The maximum Gasteiger partial charge on any atom is 0.302 e. The van der Waals surface area contributed by atoms with Crippen LogP contribution in [0.1, 0.15) is 66.7 Å². The van der Waals surface area contributed by atoms with Gasteiger partial charge in [-0.3, -0.25) is 4.79 Å². The first-order valence-electron chi connectivity index (χ1n) is 7.86. The van der Waals surface area contributed by atoms with Crippen molar-refractivity contribution in [1.82, 2.24) is 0 Å². The molecule has 2 bridgehead atoms. The smallest absolute Gasteiger partial charge is 0.302 e. The maximum atomic E-state index is 11.5. The first kappa shape index (κ1) is 13.5. The minimum Gasteiger partial charge on any atom is -0.461 e. The number of carbonyl (C=O) groups excluding carboxylic acids is 1. The fourth-order valence-corrected chi connectivity index (χ4v) is 6.00. The second kappa shape index (κ2) is 3.77. The number of hydrogen-bond donors (Lipinski definition) is 0. The van der Waals surface area contributed by atoms with Gasteiger partial charge in [-0.15, -0.1) is 0 Å². The van der Waals surface area contributed by atoms with Gasteiger partial charge in [0.25, 0.3) is 0 Å². The monoisotopic (exact) mass is 264 g/mol. The lowest BCUT2D eigenvalue weighted by Gasteiger charge is -2.46. The van der Waals surface area contributed by atoms with E-state index in [-0.39, 0.29) is 22.9 Å². The first-order valence-corrected chi connectivity index (χ1v) is 7.86. The Labute approximate surface area is 117 Å². The molecule has 19 heavy (non-hydrogen) atoms. The molecule has 0 N–H and O–H groups in total. The van der Waals surface area contributed by atoms with Gasteiger partial charge < -0.3 is 4.74 Å². The van der Waals surface area contributed by atoms with Gasteiger partial charge in [-0.05, 0) is 42.9 Å². The summed E-state index contributed by atoms with van der Waals surface area (Å²) in [7, 11) is 0. The van der Waals surface area contributed by atoms with Crippen LogP contribution in [0.4, 0.5) is 0 Å². The summed E-state index contributed by atoms with van der Waals surface area (Å²) in [5, 5.41) is 0. The minimum absolute atomic E-state index is 0.0939. The Morgan fingerprint density at radius 3 is 1.89 bits per heavy atom. The van der Waals surface area contributed by atoms with Gasteiger partial charge in [-0.25, -0.2) is 0 Å². The van der Waals surface area contributed by atoms with E-state index in [1.54, 1.807) is 6.92 Å². The molecule has 0 spiro atoms. The van der Waals surface area contributed by atoms with Crippen LogP contribution in [0, 0.1) is 28.1 Å². The second-order valence-corrected chi connectivity index (χ2v) is 8.64. The number of ether oxygens (including phenoxy) is 1. The van der Waals surface area contributed by atoms with E-state index in [2.05, 4.69) is 27.7 Å². The van der Waals surface area contributed by atoms with Crippen molar-refractivity contribution in [3.05, 3.63) is 0 Å². The van der Waals surface area contributed by atoms with Gasteiger partial charge in [0, 0.05) is 17.8 Å². The van der Waals surface area contributed by atoms with Crippen molar-refractivity contribution in [2.45, 2.75) is 72.8 Å². The molecule has 1 unspecified atom stereocenters. The highest BCUT2D eigenvalue weighted by Crippen LogP contribution is 2.72. The zero-order valence-electron chi connectivity index (χ0n) is 13.1. The Morgan fingerprint density at radius 1 is 1.00 bits per heavy atom. The normalized spacial score (nSPS) is 50.9. The van der Waals surface area contributed by atoms with Crippen LogP contribution in [0.15, 0.2) is 0 Å². The summed E-state index contributed by atoms with van der Waals surface area (Å²) in [6, 6.07) is 0. The van der Waals surface area contributed by atoms with Crippen molar-refractivity contribution < 1.29 is 9.53 Å². The predicted octanol–water partition coefficient (Wildman–Crippen LogP) is 4.18. The van der Waals surface area contributed by atoms with Crippen LogP contribution in [0.5, 0.6) is 0 Å². The van der Waals surface area contributed by atoms with Crippen LogP contribution >= 0.6 is 0 Å². The average molecular weight is 264 g/mol. The molecule has 108 valence electrons. The van der Waals surface area contributed by atoms with E-state index in [1.165, 1.54) is 32.1 Å². The number of hydrogen-bond acceptors (Lipinski definition) is 2. The van der Waals surface area contributed by atoms with Crippen molar-refractivity contribution in [2.75, 3.05) is 0 Å². The largest absolute Gasteiger partial charge is 0.461 e. The topological polar surface area (TPSA) is 26.3 Å². The highest BCUT2D eigenvalue weighted by molar-refractivity contribution is 5.66. The van der Waals surface area contributed by atoms with Crippen LogP contribution in [-0.2, 0) is 9.53 Å². The van der Waals surface area contributed by atoms with Crippen LogP contribution < -0.4 is 0 Å². The third-order valence-electron chi connectivity index (χ3n) is 6.64.